The molecule has 0 heterocycles. The molecule has 0 aromatic carbocycles. The van der Waals surface area contributed by atoms with E-state index in [0.29, 0.717) is 12.5 Å². The fourth-order valence-electron chi connectivity index (χ4n) is 1.33. The van der Waals surface area contributed by atoms with Gasteiger partial charge < -0.3 is 14.8 Å². The predicted octanol–water partition coefficient (Wildman–Crippen LogP) is 1.43. The van der Waals surface area contributed by atoms with E-state index in [-0.39, 0.29) is 6.10 Å². The van der Waals surface area contributed by atoms with Crippen molar-refractivity contribution in [1.82, 2.24) is 5.32 Å². The van der Waals surface area contributed by atoms with Crippen LogP contribution in [0, 0.1) is 5.92 Å². The van der Waals surface area contributed by atoms with Gasteiger partial charge in [-0.2, -0.15) is 0 Å². The van der Waals surface area contributed by atoms with Gasteiger partial charge in [0, 0.05) is 19.7 Å². The van der Waals surface area contributed by atoms with Crippen molar-refractivity contribution in [3.8, 4) is 0 Å². The van der Waals surface area contributed by atoms with Gasteiger partial charge >= 0.3 is 0 Å². The minimum absolute atomic E-state index is 0.211. The van der Waals surface area contributed by atoms with Gasteiger partial charge in [0.15, 0.2) is 0 Å². The summed E-state index contributed by atoms with van der Waals surface area (Å²) in [5, 5.41) is 3.50. The van der Waals surface area contributed by atoms with Crippen LogP contribution in [0.15, 0.2) is 0 Å². The van der Waals surface area contributed by atoms with Gasteiger partial charge in [-0.05, 0) is 25.7 Å². The van der Waals surface area contributed by atoms with Gasteiger partial charge in [-0.1, -0.05) is 6.92 Å². The molecule has 0 amide bonds. The first-order valence-electron chi connectivity index (χ1n) is 5.56. The van der Waals surface area contributed by atoms with Crippen LogP contribution in [0.2, 0.25) is 0 Å². The molecule has 0 aliphatic heterocycles. The first-order chi connectivity index (χ1) is 6.72. The van der Waals surface area contributed by atoms with E-state index >= 15 is 0 Å². The van der Waals surface area contributed by atoms with Crippen LogP contribution >= 0.6 is 0 Å². The van der Waals surface area contributed by atoms with Crippen LogP contribution in [0.4, 0.5) is 0 Å². The number of hydrogen-bond donors (Lipinski definition) is 1. The molecule has 0 aromatic heterocycles. The number of rotatable bonds is 8. The van der Waals surface area contributed by atoms with Gasteiger partial charge in [-0.15, -0.1) is 0 Å². The maximum Gasteiger partial charge on any atom is 0.0780 e. The van der Waals surface area contributed by atoms with E-state index in [9.17, 15) is 0 Å². The maximum atomic E-state index is 5.63. The lowest BCUT2D eigenvalue weighted by Gasteiger charge is -2.16. The fourth-order valence-corrected chi connectivity index (χ4v) is 1.33. The second kappa shape index (κ2) is 6.38. The summed E-state index contributed by atoms with van der Waals surface area (Å²) < 4.78 is 10.6. The van der Waals surface area contributed by atoms with Crippen molar-refractivity contribution in [3.63, 3.8) is 0 Å². The molecule has 0 saturated heterocycles. The summed E-state index contributed by atoms with van der Waals surface area (Å²) in [5.74, 6) is 0.593. The van der Waals surface area contributed by atoms with E-state index in [0.717, 1.165) is 19.2 Å². The van der Waals surface area contributed by atoms with Gasteiger partial charge in [0.2, 0.25) is 0 Å². The van der Waals surface area contributed by atoms with Crippen molar-refractivity contribution in [2.24, 2.45) is 5.92 Å². The Labute approximate surface area is 87.2 Å². The highest BCUT2D eigenvalue weighted by atomic mass is 16.5. The second-order valence-corrected chi connectivity index (χ2v) is 4.39. The van der Waals surface area contributed by atoms with Crippen molar-refractivity contribution < 1.29 is 9.47 Å². The van der Waals surface area contributed by atoms with Gasteiger partial charge in [-0.3, -0.25) is 0 Å². The maximum absolute atomic E-state index is 5.63. The van der Waals surface area contributed by atoms with Gasteiger partial charge in [0.25, 0.3) is 0 Å². The third kappa shape index (κ3) is 5.58. The molecule has 14 heavy (non-hydrogen) atoms. The Morgan fingerprint density at radius 2 is 2.00 bits per heavy atom. The van der Waals surface area contributed by atoms with Crippen LogP contribution in [0.1, 0.15) is 26.7 Å². The summed E-state index contributed by atoms with van der Waals surface area (Å²) in [6.45, 7) is 6.84. The van der Waals surface area contributed by atoms with Crippen LogP contribution < -0.4 is 5.32 Å². The quantitative estimate of drug-likeness (QED) is 0.644. The number of ether oxygens (including phenoxy) is 2. The lowest BCUT2D eigenvalue weighted by Crippen LogP contribution is -2.27. The Balaban J connectivity index is 1.92. The molecule has 3 heteroatoms. The van der Waals surface area contributed by atoms with Gasteiger partial charge in [0.1, 0.15) is 0 Å². The fraction of sp³-hybridized carbons (Fsp3) is 1.00. The molecule has 2 unspecified atom stereocenters. The Hall–Kier alpha value is -0.120. The molecule has 0 spiro atoms. The Morgan fingerprint density at radius 1 is 1.29 bits per heavy atom. The van der Waals surface area contributed by atoms with Crippen molar-refractivity contribution in [2.75, 3.05) is 26.9 Å². The summed E-state index contributed by atoms with van der Waals surface area (Å²) in [6.07, 6.45) is 2.92. The summed E-state index contributed by atoms with van der Waals surface area (Å²) in [5.41, 5.74) is 0. The van der Waals surface area contributed by atoms with E-state index in [1.165, 1.54) is 12.8 Å². The molecule has 0 aromatic rings. The first kappa shape index (κ1) is 12.0. The molecule has 0 bridgehead atoms. The number of nitrogens with one attached hydrogen (secondary N) is 1. The monoisotopic (exact) mass is 201 g/mol. The molecule has 1 rings (SSSR count). The van der Waals surface area contributed by atoms with E-state index in [1.54, 1.807) is 7.11 Å². The minimum atomic E-state index is 0.211. The molecule has 2 atom stereocenters. The molecule has 1 fully saturated rings. The summed E-state index contributed by atoms with van der Waals surface area (Å²) >= 11 is 0. The lowest BCUT2D eigenvalue weighted by atomic mass is 10.2. The zero-order chi connectivity index (χ0) is 10.4. The SMILES string of the molecule is COCC(C)OCC(C)CNC1CC1. The third-order valence-corrected chi connectivity index (χ3v) is 2.40. The van der Waals surface area contributed by atoms with Crippen molar-refractivity contribution in [3.05, 3.63) is 0 Å². The van der Waals surface area contributed by atoms with E-state index in [1.807, 2.05) is 6.92 Å². The topological polar surface area (TPSA) is 30.5 Å². The summed E-state index contributed by atoms with van der Waals surface area (Å²) in [4.78, 5) is 0. The molecule has 3 nitrogen and oxygen atoms in total. The van der Waals surface area contributed by atoms with Crippen LogP contribution in [0.25, 0.3) is 0 Å². The highest BCUT2D eigenvalue weighted by Gasteiger charge is 2.20. The molecule has 1 saturated carbocycles. The first-order valence-corrected chi connectivity index (χ1v) is 5.56. The predicted molar refractivity (Wildman–Crippen MR) is 57.5 cm³/mol. The largest absolute Gasteiger partial charge is 0.382 e. The number of methoxy groups -OCH3 is 1. The van der Waals surface area contributed by atoms with E-state index < -0.39 is 0 Å². The molecule has 84 valence electrons. The molecule has 0 radical (unpaired) electrons. The highest BCUT2D eigenvalue weighted by molar-refractivity contribution is 4.81. The van der Waals surface area contributed by atoms with E-state index in [4.69, 9.17) is 9.47 Å². The molecule has 1 aliphatic rings. The average molecular weight is 201 g/mol. The summed E-state index contributed by atoms with van der Waals surface area (Å²) in [7, 11) is 1.71. The Morgan fingerprint density at radius 3 is 2.57 bits per heavy atom. The average Bonchev–Trinajstić information content (AvgIpc) is 2.95. The van der Waals surface area contributed by atoms with Crippen molar-refractivity contribution >= 4 is 0 Å². The van der Waals surface area contributed by atoms with Crippen LogP contribution in [-0.2, 0) is 9.47 Å². The van der Waals surface area contributed by atoms with Crippen molar-refractivity contribution in [2.45, 2.75) is 38.8 Å². The van der Waals surface area contributed by atoms with Crippen LogP contribution in [0.5, 0.6) is 0 Å². The third-order valence-electron chi connectivity index (χ3n) is 2.40. The number of hydrogen-bond acceptors (Lipinski definition) is 3. The smallest absolute Gasteiger partial charge is 0.0780 e. The zero-order valence-corrected chi connectivity index (χ0v) is 9.58. The Bertz CT molecular complexity index is 148. The highest BCUT2D eigenvalue weighted by Crippen LogP contribution is 2.18. The van der Waals surface area contributed by atoms with E-state index in [2.05, 4.69) is 12.2 Å². The van der Waals surface area contributed by atoms with Gasteiger partial charge in [-0.25, -0.2) is 0 Å². The zero-order valence-electron chi connectivity index (χ0n) is 9.58. The molecule has 1 aliphatic carbocycles. The minimum Gasteiger partial charge on any atom is -0.382 e. The van der Waals surface area contributed by atoms with Crippen LogP contribution in [-0.4, -0.2) is 39.0 Å². The summed E-state index contributed by atoms with van der Waals surface area (Å²) in [6, 6.07) is 0.800. The van der Waals surface area contributed by atoms with Crippen molar-refractivity contribution in [1.29, 1.82) is 0 Å². The lowest BCUT2D eigenvalue weighted by molar-refractivity contribution is -0.00419. The molecular formula is C11H23NO2. The molecule has 1 N–H and O–H groups in total. The second-order valence-electron chi connectivity index (χ2n) is 4.39. The normalized spacial score (nSPS) is 20.8. The Kier molecular flexibility index (Phi) is 5.45. The van der Waals surface area contributed by atoms with Gasteiger partial charge in [0.05, 0.1) is 19.3 Å². The standard InChI is InChI=1S/C11H23NO2/c1-9(6-12-11-4-5-11)7-14-10(2)8-13-3/h9-12H,4-8H2,1-3H3. The molecular weight excluding hydrogens is 178 g/mol. The van der Waals surface area contributed by atoms with Crippen LogP contribution in [0.3, 0.4) is 0 Å².